The molecule has 0 saturated carbocycles. The van der Waals surface area contributed by atoms with Gasteiger partial charge in [0, 0.05) is 50.8 Å². The molecule has 0 unspecified atom stereocenters. The van der Waals surface area contributed by atoms with Crippen LogP contribution >= 0.6 is 0 Å². The second-order valence-electron chi connectivity index (χ2n) is 6.54. The molecule has 0 spiro atoms. The number of halogens is 1. The predicted octanol–water partition coefficient (Wildman–Crippen LogP) is 2.72. The summed E-state index contributed by atoms with van der Waals surface area (Å²) < 4.78 is 13.1. The lowest BCUT2D eigenvalue weighted by Crippen LogP contribution is -2.49. The number of hydrogen-bond acceptors (Lipinski definition) is 5. The van der Waals surface area contributed by atoms with Crippen LogP contribution in [0.2, 0.25) is 0 Å². The van der Waals surface area contributed by atoms with Crippen molar-refractivity contribution in [3.63, 3.8) is 0 Å². The third-order valence-electron chi connectivity index (χ3n) is 4.69. The number of carbonyl (C=O) groups is 1. The number of carbonyl (C=O) groups excluding carboxylic acids is 1. The van der Waals surface area contributed by atoms with Gasteiger partial charge in [-0.1, -0.05) is 0 Å². The second kappa shape index (κ2) is 8.44. The summed E-state index contributed by atoms with van der Waals surface area (Å²) in [4.78, 5) is 18.1. The molecule has 0 aromatic heterocycles. The van der Waals surface area contributed by atoms with Crippen LogP contribution in [0.15, 0.2) is 60.3 Å². The van der Waals surface area contributed by atoms with Gasteiger partial charge in [-0.25, -0.2) is 4.39 Å². The first-order valence-electron chi connectivity index (χ1n) is 8.91. The molecule has 0 aliphatic carbocycles. The molecular weight excluding hydrogens is 359 g/mol. The summed E-state index contributed by atoms with van der Waals surface area (Å²) in [5, 5.41) is 18.8. The van der Waals surface area contributed by atoms with E-state index in [2.05, 4.69) is 4.90 Å². The van der Waals surface area contributed by atoms with E-state index in [1.807, 2.05) is 6.07 Å². The molecule has 1 fully saturated rings. The maximum absolute atomic E-state index is 13.1. The van der Waals surface area contributed by atoms with E-state index >= 15 is 0 Å². The van der Waals surface area contributed by atoms with Crippen molar-refractivity contribution in [2.75, 3.05) is 43.0 Å². The number of phenolic OH excluding ortho intramolecular Hbond substituents is 1. The lowest BCUT2D eigenvalue weighted by atomic mass is 10.2. The van der Waals surface area contributed by atoms with Gasteiger partial charge >= 0.3 is 0 Å². The highest BCUT2D eigenvalue weighted by molar-refractivity contribution is 5.97. The van der Waals surface area contributed by atoms with E-state index in [-0.39, 0.29) is 23.0 Å². The van der Waals surface area contributed by atoms with Gasteiger partial charge in [0.1, 0.15) is 23.2 Å². The van der Waals surface area contributed by atoms with E-state index in [1.165, 1.54) is 18.3 Å². The predicted molar refractivity (Wildman–Crippen MR) is 105 cm³/mol. The van der Waals surface area contributed by atoms with Crippen LogP contribution in [0.3, 0.4) is 0 Å². The molecule has 1 saturated heterocycles. The van der Waals surface area contributed by atoms with Gasteiger partial charge < -0.3 is 19.8 Å². The molecule has 2 aromatic carbocycles. The maximum Gasteiger partial charge on any atom is 0.266 e. The summed E-state index contributed by atoms with van der Waals surface area (Å²) in [5.41, 5.74) is 1.71. The Bertz CT molecular complexity index is 895. The highest BCUT2D eigenvalue weighted by atomic mass is 19.1. The van der Waals surface area contributed by atoms with Crippen LogP contribution in [-0.2, 0) is 4.79 Å². The van der Waals surface area contributed by atoms with Gasteiger partial charge in [-0.2, -0.15) is 5.26 Å². The molecule has 1 N–H and O–H groups in total. The largest absolute Gasteiger partial charge is 0.508 e. The highest BCUT2D eigenvalue weighted by Gasteiger charge is 2.24. The molecule has 1 amide bonds. The minimum absolute atomic E-state index is 0.0470. The van der Waals surface area contributed by atoms with Crippen molar-refractivity contribution < 1.29 is 14.3 Å². The number of hydrogen-bond donors (Lipinski definition) is 1. The number of aromatic hydroxyl groups is 1. The Morgan fingerprint density at radius 2 is 1.71 bits per heavy atom. The normalized spacial score (nSPS) is 14.5. The Kier molecular flexibility index (Phi) is 5.80. The molecule has 1 aliphatic rings. The third kappa shape index (κ3) is 4.41. The van der Waals surface area contributed by atoms with Crippen LogP contribution in [0.4, 0.5) is 15.8 Å². The Labute approximate surface area is 163 Å². The van der Waals surface area contributed by atoms with Crippen molar-refractivity contribution in [1.29, 1.82) is 5.26 Å². The smallest absolute Gasteiger partial charge is 0.266 e. The van der Waals surface area contributed by atoms with E-state index in [0.717, 1.165) is 11.4 Å². The average molecular weight is 380 g/mol. The van der Waals surface area contributed by atoms with Crippen LogP contribution in [0.5, 0.6) is 5.75 Å². The first-order chi connectivity index (χ1) is 13.5. The summed E-state index contributed by atoms with van der Waals surface area (Å²) >= 11 is 0. The quantitative estimate of drug-likeness (QED) is 0.652. The number of anilines is 2. The highest BCUT2D eigenvalue weighted by Crippen LogP contribution is 2.20. The minimum atomic E-state index is -0.313. The summed E-state index contributed by atoms with van der Waals surface area (Å²) in [6.07, 6.45) is 1.50. The van der Waals surface area contributed by atoms with Gasteiger partial charge in [-0.3, -0.25) is 4.79 Å². The number of piperazine rings is 1. The zero-order valence-corrected chi connectivity index (χ0v) is 15.5. The van der Waals surface area contributed by atoms with Crippen molar-refractivity contribution in [2.45, 2.75) is 0 Å². The van der Waals surface area contributed by atoms with E-state index in [9.17, 15) is 19.6 Å². The zero-order valence-electron chi connectivity index (χ0n) is 15.5. The lowest BCUT2D eigenvalue weighted by Gasteiger charge is -2.36. The van der Waals surface area contributed by atoms with Crippen molar-refractivity contribution >= 4 is 17.3 Å². The Morgan fingerprint density at radius 1 is 1.11 bits per heavy atom. The maximum atomic E-state index is 13.1. The molecule has 0 atom stereocenters. The van der Waals surface area contributed by atoms with Crippen LogP contribution in [0.1, 0.15) is 0 Å². The molecule has 1 aliphatic heterocycles. The molecule has 7 heteroatoms. The molecule has 1 heterocycles. The van der Waals surface area contributed by atoms with Crippen molar-refractivity contribution in [2.24, 2.45) is 0 Å². The van der Waals surface area contributed by atoms with E-state index < -0.39 is 0 Å². The standard InChI is InChI=1S/C21H21FN4O2/c1-24(18-6-8-20(27)9-7-18)15-16(14-23)21(28)26-12-10-25(11-13-26)19-4-2-17(22)3-5-19/h2-9,15,27H,10-13H2,1H3/b16-15-. The van der Waals surface area contributed by atoms with Gasteiger partial charge in [0.05, 0.1) is 0 Å². The number of nitrogens with zero attached hydrogens (tertiary/aromatic N) is 4. The molecule has 144 valence electrons. The third-order valence-corrected chi connectivity index (χ3v) is 4.69. The van der Waals surface area contributed by atoms with Crippen LogP contribution < -0.4 is 9.80 Å². The fourth-order valence-electron chi connectivity index (χ4n) is 3.08. The van der Waals surface area contributed by atoms with Crippen molar-refractivity contribution in [1.82, 2.24) is 4.90 Å². The van der Waals surface area contributed by atoms with Crippen LogP contribution in [0.25, 0.3) is 0 Å². The van der Waals surface area contributed by atoms with E-state index in [0.29, 0.717) is 26.2 Å². The van der Waals surface area contributed by atoms with Crippen molar-refractivity contribution in [3.8, 4) is 11.8 Å². The first-order valence-corrected chi connectivity index (χ1v) is 8.91. The SMILES string of the molecule is CN(/C=C(/C#N)C(=O)N1CCN(c2ccc(F)cc2)CC1)c1ccc(O)cc1. The minimum Gasteiger partial charge on any atom is -0.508 e. The number of benzene rings is 2. The average Bonchev–Trinajstić information content (AvgIpc) is 2.72. The van der Waals surface area contributed by atoms with Crippen LogP contribution in [0, 0.1) is 17.1 Å². The molecular formula is C21H21FN4O2. The summed E-state index contributed by atoms with van der Waals surface area (Å²) in [6, 6.07) is 14.8. The number of rotatable bonds is 4. The zero-order chi connectivity index (χ0) is 20.1. The molecule has 6 nitrogen and oxygen atoms in total. The summed E-state index contributed by atoms with van der Waals surface area (Å²) in [6.45, 7) is 2.20. The van der Waals surface area contributed by atoms with Gasteiger partial charge in [0.25, 0.3) is 5.91 Å². The van der Waals surface area contributed by atoms with Gasteiger partial charge in [-0.05, 0) is 48.5 Å². The molecule has 0 radical (unpaired) electrons. The Hall–Kier alpha value is -3.53. The Morgan fingerprint density at radius 3 is 2.29 bits per heavy atom. The van der Waals surface area contributed by atoms with Gasteiger partial charge in [0.2, 0.25) is 0 Å². The Balaban J connectivity index is 1.64. The monoisotopic (exact) mass is 380 g/mol. The van der Waals surface area contributed by atoms with E-state index in [4.69, 9.17) is 0 Å². The number of nitriles is 1. The molecule has 2 aromatic rings. The molecule has 28 heavy (non-hydrogen) atoms. The van der Waals surface area contributed by atoms with Gasteiger partial charge in [0.15, 0.2) is 0 Å². The summed E-state index contributed by atoms with van der Waals surface area (Å²) in [7, 11) is 1.74. The fourth-order valence-corrected chi connectivity index (χ4v) is 3.08. The second-order valence-corrected chi connectivity index (χ2v) is 6.54. The van der Waals surface area contributed by atoms with Crippen molar-refractivity contribution in [3.05, 3.63) is 66.1 Å². The molecule has 0 bridgehead atoms. The lowest BCUT2D eigenvalue weighted by molar-refractivity contribution is -0.127. The fraction of sp³-hybridized carbons (Fsp3) is 0.238. The summed E-state index contributed by atoms with van der Waals surface area (Å²) in [5.74, 6) is -0.442. The van der Waals surface area contributed by atoms with E-state index in [1.54, 1.807) is 53.2 Å². The topological polar surface area (TPSA) is 70.8 Å². The number of phenols is 1. The first kappa shape index (κ1) is 19.2. The number of amides is 1. The van der Waals surface area contributed by atoms with Crippen LogP contribution in [-0.4, -0.2) is 49.1 Å². The molecule has 3 rings (SSSR count). The van der Waals surface area contributed by atoms with Gasteiger partial charge in [-0.15, -0.1) is 0 Å².